The summed E-state index contributed by atoms with van der Waals surface area (Å²) in [6.45, 7) is 1.89. The van der Waals surface area contributed by atoms with E-state index in [2.05, 4.69) is 0 Å². The lowest BCUT2D eigenvalue weighted by Crippen LogP contribution is -2.00. The minimum atomic E-state index is -0.562. The standard InChI is InChI=1S/C6H9ClO2/c1-2-3-5(8)4-6(7)9/h2-4H2,1H3. The van der Waals surface area contributed by atoms with Gasteiger partial charge in [-0.1, -0.05) is 6.92 Å². The van der Waals surface area contributed by atoms with Crippen LogP contribution < -0.4 is 0 Å². The molecular weight excluding hydrogens is 140 g/mol. The van der Waals surface area contributed by atoms with Gasteiger partial charge in [0.25, 0.3) is 0 Å². The van der Waals surface area contributed by atoms with Crippen LogP contribution in [0.3, 0.4) is 0 Å². The van der Waals surface area contributed by atoms with Crippen molar-refractivity contribution in [2.75, 3.05) is 0 Å². The lowest BCUT2D eigenvalue weighted by atomic mass is 10.2. The van der Waals surface area contributed by atoms with Gasteiger partial charge in [0.2, 0.25) is 5.24 Å². The quantitative estimate of drug-likeness (QED) is 0.448. The SMILES string of the molecule is CCCC(=O)CC(=O)Cl. The third-order valence-electron chi connectivity index (χ3n) is 0.865. The molecule has 0 aliphatic carbocycles. The highest BCUT2D eigenvalue weighted by Gasteiger charge is 2.03. The third-order valence-corrected chi connectivity index (χ3v) is 0.999. The van der Waals surface area contributed by atoms with E-state index in [0.717, 1.165) is 6.42 Å². The van der Waals surface area contributed by atoms with Gasteiger partial charge in [-0.2, -0.15) is 0 Å². The molecule has 2 nitrogen and oxygen atoms in total. The predicted molar refractivity (Wildman–Crippen MR) is 35.4 cm³/mol. The Labute approximate surface area is 59.2 Å². The average Bonchev–Trinajstić information content (AvgIpc) is 1.63. The number of Topliss-reactive ketones (excluding diaryl/α,β-unsaturated/α-hetero) is 1. The van der Waals surface area contributed by atoms with Gasteiger partial charge in [-0.25, -0.2) is 0 Å². The van der Waals surface area contributed by atoms with Gasteiger partial charge in [-0.05, 0) is 18.0 Å². The summed E-state index contributed by atoms with van der Waals surface area (Å²) >= 11 is 4.95. The minimum absolute atomic E-state index is 0.0718. The van der Waals surface area contributed by atoms with E-state index >= 15 is 0 Å². The molecule has 0 aliphatic heterocycles. The fraction of sp³-hybridized carbons (Fsp3) is 0.667. The summed E-state index contributed by atoms with van der Waals surface area (Å²) in [7, 11) is 0. The number of ketones is 1. The number of carbonyl (C=O) groups excluding carboxylic acids is 2. The van der Waals surface area contributed by atoms with Crippen LogP contribution in [-0.2, 0) is 9.59 Å². The topological polar surface area (TPSA) is 34.1 Å². The van der Waals surface area contributed by atoms with E-state index in [4.69, 9.17) is 11.6 Å². The zero-order valence-electron chi connectivity index (χ0n) is 5.32. The highest BCUT2D eigenvalue weighted by atomic mass is 35.5. The fourth-order valence-electron chi connectivity index (χ4n) is 0.522. The molecule has 0 spiro atoms. The summed E-state index contributed by atoms with van der Waals surface area (Å²) in [6.07, 6.45) is 1.12. The molecule has 0 N–H and O–H groups in total. The summed E-state index contributed by atoms with van der Waals surface area (Å²) in [4.78, 5) is 20.6. The second-order valence-electron chi connectivity index (χ2n) is 1.82. The third kappa shape index (κ3) is 5.50. The van der Waals surface area contributed by atoms with Crippen molar-refractivity contribution in [3.63, 3.8) is 0 Å². The molecule has 3 heteroatoms. The van der Waals surface area contributed by atoms with Crippen LogP contribution in [0.4, 0.5) is 0 Å². The molecule has 0 rings (SSSR count). The largest absolute Gasteiger partial charge is 0.299 e. The van der Waals surface area contributed by atoms with Crippen molar-refractivity contribution < 1.29 is 9.59 Å². The Bertz CT molecular complexity index is 120. The smallest absolute Gasteiger partial charge is 0.229 e. The molecule has 0 unspecified atom stereocenters. The van der Waals surface area contributed by atoms with E-state index in [-0.39, 0.29) is 12.2 Å². The van der Waals surface area contributed by atoms with E-state index in [0.29, 0.717) is 6.42 Å². The number of hydrogen-bond acceptors (Lipinski definition) is 2. The van der Waals surface area contributed by atoms with Gasteiger partial charge in [0.15, 0.2) is 0 Å². The fourth-order valence-corrected chi connectivity index (χ4v) is 0.671. The molecule has 0 fully saturated rings. The van der Waals surface area contributed by atoms with Crippen molar-refractivity contribution in [3.8, 4) is 0 Å². The van der Waals surface area contributed by atoms with Crippen LogP contribution in [0.25, 0.3) is 0 Å². The maximum Gasteiger partial charge on any atom is 0.229 e. The van der Waals surface area contributed by atoms with Gasteiger partial charge in [0.1, 0.15) is 5.78 Å². The van der Waals surface area contributed by atoms with Crippen LogP contribution in [0.1, 0.15) is 26.2 Å². The number of carbonyl (C=O) groups is 2. The first-order valence-corrected chi connectivity index (χ1v) is 3.24. The molecule has 52 valence electrons. The summed E-state index contributed by atoms with van der Waals surface area (Å²) in [5.74, 6) is -0.0718. The lowest BCUT2D eigenvalue weighted by molar-refractivity contribution is -0.123. The van der Waals surface area contributed by atoms with Crippen LogP contribution in [0.5, 0.6) is 0 Å². The summed E-state index contributed by atoms with van der Waals surface area (Å²) in [6, 6.07) is 0. The van der Waals surface area contributed by atoms with E-state index in [1.165, 1.54) is 0 Å². The Morgan fingerprint density at radius 2 is 2.00 bits per heavy atom. The first-order valence-electron chi connectivity index (χ1n) is 2.86. The average molecular weight is 149 g/mol. The lowest BCUT2D eigenvalue weighted by Gasteiger charge is -1.89. The molecule has 0 aromatic heterocycles. The van der Waals surface area contributed by atoms with Crippen LogP contribution in [0, 0.1) is 0 Å². The Hall–Kier alpha value is -0.370. The van der Waals surface area contributed by atoms with Crippen molar-refractivity contribution in [2.24, 2.45) is 0 Å². The van der Waals surface area contributed by atoms with E-state index < -0.39 is 5.24 Å². The van der Waals surface area contributed by atoms with Crippen molar-refractivity contribution in [2.45, 2.75) is 26.2 Å². The monoisotopic (exact) mass is 148 g/mol. The summed E-state index contributed by atoms with van der Waals surface area (Å²) < 4.78 is 0. The van der Waals surface area contributed by atoms with Crippen molar-refractivity contribution >= 4 is 22.6 Å². The number of halogens is 1. The van der Waals surface area contributed by atoms with Gasteiger partial charge in [-0.3, -0.25) is 9.59 Å². The van der Waals surface area contributed by atoms with Crippen molar-refractivity contribution in [1.29, 1.82) is 0 Å². The molecule has 0 saturated heterocycles. The maximum absolute atomic E-state index is 10.5. The zero-order valence-corrected chi connectivity index (χ0v) is 6.07. The molecule has 0 saturated carbocycles. The van der Waals surface area contributed by atoms with E-state index in [1.54, 1.807) is 0 Å². The van der Waals surface area contributed by atoms with Crippen molar-refractivity contribution in [1.82, 2.24) is 0 Å². The first kappa shape index (κ1) is 8.63. The first-order chi connectivity index (χ1) is 4.16. The molecule has 0 atom stereocenters. The zero-order chi connectivity index (χ0) is 7.28. The number of rotatable bonds is 4. The molecule has 0 radical (unpaired) electrons. The maximum atomic E-state index is 10.5. The molecule has 0 heterocycles. The molecule has 0 aromatic carbocycles. The summed E-state index contributed by atoms with van der Waals surface area (Å²) in [5, 5.41) is -0.562. The van der Waals surface area contributed by atoms with Crippen LogP contribution in [0.2, 0.25) is 0 Å². The summed E-state index contributed by atoms with van der Waals surface area (Å²) in [5.41, 5.74) is 0. The van der Waals surface area contributed by atoms with E-state index in [1.807, 2.05) is 6.92 Å². The number of hydrogen-bond donors (Lipinski definition) is 0. The molecule has 0 bridgehead atoms. The van der Waals surface area contributed by atoms with Gasteiger partial charge >= 0.3 is 0 Å². The second-order valence-corrected chi connectivity index (χ2v) is 2.24. The normalized spacial score (nSPS) is 9.11. The Morgan fingerprint density at radius 1 is 1.44 bits per heavy atom. The predicted octanol–water partition coefficient (Wildman–Crippen LogP) is 1.51. The van der Waals surface area contributed by atoms with Gasteiger partial charge in [-0.15, -0.1) is 0 Å². The highest BCUT2D eigenvalue weighted by molar-refractivity contribution is 6.64. The second kappa shape index (κ2) is 4.50. The minimum Gasteiger partial charge on any atom is -0.299 e. The van der Waals surface area contributed by atoms with Crippen LogP contribution in [-0.4, -0.2) is 11.0 Å². The molecule has 0 aromatic rings. The van der Waals surface area contributed by atoms with E-state index in [9.17, 15) is 9.59 Å². The molecule has 0 amide bonds. The van der Waals surface area contributed by atoms with Crippen LogP contribution >= 0.6 is 11.6 Å². The van der Waals surface area contributed by atoms with Gasteiger partial charge in [0, 0.05) is 6.42 Å². The Morgan fingerprint density at radius 3 is 2.33 bits per heavy atom. The molecule has 0 aliphatic rings. The Kier molecular flexibility index (Phi) is 4.32. The molecule has 9 heavy (non-hydrogen) atoms. The van der Waals surface area contributed by atoms with Crippen LogP contribution in [0.15, 0.2) is 0 Å². The van der Waals surface area contributed by atoms with Gasteiger partial charge < -0.3 is 0 Å². The van der Waals surface area contributed by atoms with Gasteiger partial charge in [0.05, 0.1) is 6.42 Å². The molecular formula is C6H9ClO2. The Balaban J connectivity index is 3.39. The van der Waals surface area contributed by atoms with Crippen molar-refractivity contribution in [3.05, 3.63) is 0 Å². The highest BCUT2D eigenvalue weighted by Crippen LogP contribution is 1.96.